The molecule has 2 heterocycles. The average molecular weight is 396 g/mol. The molecule has 1 aromatic heterocycles. The Bertz CT molecular complexity index is 646. The Kier molecular flexibility index (Phi) is 5.83. The Morgan fingerprint density at radius 2 is 2.13 bits per heavy atom. The van der Waals surface area contributed by atoms with Gasteiger partial charge in [-0.25, -0.2) is 4.79 Å². The number of hydrogen-bond donors (Lipinski definition) is 0. The molecule has 0 amide bonds. The molecule has 0 aliphatic carbocycles. The van der Waals surface area contributed by atoms with Crippen LogP contribution in [-0.4, -0.2) is 43.3 Å². The number of thiophene rings is 1. The SMILES string of the molecule is O=C(OCC1CN(Cc2ccccc2)CCO1)c1ccc(Br)s1. The molecule has 3 rings (SSSR count). The summed E-state index contributed by atoms with van der Waals surface area (Å²) in [7, 11) is 0. The zero-order valence-corrected chi connectivity index (χ0v) is 15.0. The van der Waals surface area contributed by atoms with Crippen LogP contribution in [0.4, 0.5) is 0 Å². The van der Waals surface area contributed by atoms with E-state index in [9.17, 15) is 4.79 Å². The quantitative estimate of drug-likeness (QED) is 0.725. The summed E-state index contributed by atoms with van der Waals surface area (Å²) < 4.78 is 12.0. The number of nitrogens with zero attached hydrogens (tertiary/aromatic N) is 1. The summed E-state index contributed by atoms with van der Waals surface area (Å²) >= 11 is 4.72. The highest BCUT2D eigenvalue weighted by molar-refractivity contribution is 9.11. The standard InChI is InChI=1S/C17H18BrNO3S/c18-16-7-6-15(23-16)17(20)22-12-14-11-19(8-9-21-14)10-13-4-2-1-3-5-13/h1-7,14H,8-12H2. The molecule has 1 aliphatic heterocycles. The highest BCUT2D eigenvalue weighted by Crippen LogP contribution is 2.22. The third-order valence-corrected chi connectivity index (χ3v) is 5.25. The van der Waals surface area contributed by atoms with Crippen molar-refractivity contribution in [3.05, 3.63) is 56.7 Å². The van der Waals surface area contributed by atoms with E-state index in [1.807, 2.05) is 24.3 Å². The number of carbonyl (C=O) groups excluding carboxylic acids is 1. The van der Waals surface area contributed by atoms with Crippen LogP contribution in [0.1, 0.15) is 15.2 Å². The molecular weight excluding hydrogens is 378 g/mol. The second kappa shape index (κ2) is 8.06. The van der Waals surface area contributed by atoms with E-state index in [2.05, 4.69) is 33.0 Å². The van der Waals surface area contributed by atoms with Gasteiger partial charge in [-0.05, 0) is 33.6 Å². The third kappa shape index (κ3) is 4.88. The maximum atomic E-state index is 12.0. The molecular formula is C17H18BrNO3S. The van der Waals surface area contributed by atoms with E-state index in [0.29, 0.717) is 18.1 Å². The van der Waals surface area contributed by atoms with Crippen molar-refractivity contribution in [2.45, 2.75) is 12.6 Å². The maximum absolute atomic E-state index is 12.0. The number of ether oxygens (including phenoxy) is 2. The zero-order valence-electron chi connectivity index (χ0n) is 12.6. The minimum absolute atomic E-state index is 0.0696. The summed E-state index contributed by atoms with van der Waals surface area (Å²) in [4.78, 5) is 14.9. The minimum Gasteiger partial charge on any atom is -0.459 e. The Balaban J connectivity index is 1.48. The summed E-state index contributed by atoms with van der Waals surface area (Å²) in [6.07, 6.45) is -0.0696. The largest absolute Gasteiger partial charge is 0.459 e. The Morgan fingerprint density at radius 1 is 1.30 bits per heavy atom. The fourth-order valence-corrected chi connectivity index (χ4v) is 3.81. The molecule has 23 heavy (non-hydrogen) atoms. The van der Waals surface area contributed by atoms with Gasteiger partial charge < -0.3 is 9.47 Å². The number of hydrogen-bond acceptors (Lipinski definition) is 5. The van der Waals surface area contributed by atoms with Gasteiger partial charge in [-0.3, -0.25) is 4.90 Å². The summed E-state index contributed by atoms with van der Waals surface area (Å²) in [5, 5.41) is 0. The van der Waals surface area contributed by atoms with Crippen molar-refractivity contribution < 1.29 is 14.3 Å². The van der Waals surface area contributed by atoms with Gasteiger partial charge in [0.2, 0.25) is 0 Å². The van der Waals surface area contributed by atoms with Crippen LogP contribution >= 0.6 is 27.3 Å². The minimum atomic E-state index is -0.288. The summed E-state index contributed by atoms with van der Waals surface area (Å²) in [6, 6.07) is 14.0. The maximum Gasteiger partial charge on any atom is 0.348 e. The lowest BCUT2D eigenvalue weighted by Gasteiger charge is -2.32. The first-order valence-corrected chi connectivity index (χ1v) is 9.12. The van der Waals surface area contributed by atoms with Crippen molar-refractivity contribution in [3.63, 3.8) is 0 Å². The first-order valence-electron chi connectivity index (χ1n) is 7.51. The predicted molar refractivity (Wildman–Crippen MR) is 93.8 cm³/mol. The molecule has 6 heteroatoms. The molecule has 0 saturated carbocycles. The Hall–Kier alpha value is -1.21. The van der Waals surface area contributed by atoms with E-state index < -0.39 is 0 Å². The van der Waals surface area contributed by atoms with Crippen LogP contribution < -0.4 is 0 Å². The molecule has 122 valence electrons. The second-order valence-corrected chi connectivity index (χ2v) is 7.88. The van der Waals surface area contributed by atoms with Gasteiger partial charge in [-0.15, -0.1) is 11.3 Å². The van der Waals surface area contributed by atoms with Gasteiger partial charge in [0.15, 0.2) is 0 Å². The molecule has 1 aromatic carbocycles. The predicted octanol–water partition coefficient (Wildman–Crippen LogP) is 3.57. The molecule has 0 N–H and O–H groups in total. The molecule has 1 saturated heterocycles. The molecule has 1 atom stereocenters. The van der Waals surface area contributed by atoms with Gasteiger partial charge in [0.25, 0.3) is 0 Å². The molecule has 0 radical (unpaired) electrons. The van der Waals surface area contributed by atoms with Crippen LogP contribution in [-0.2, 0) is 16.0 Å². The van der Waals surface area contributed by atoms with Gasteiger partial charge >= 0.3 is 5.97 Å². The normalized spacial score (nSPS) is 18.7. The van der Waals surface area contributed by atoms with Crippen LogP contribution in [0.2, 0.25) is 0 Å². The molecule has 1 unspecified atom stereocenters. The molecule has 1 aliphatic rings. The number of carbonyl (C=O) groups is 1. The van der Waals surface area contributed by atoms with Gasteiger partial charge in [-0.2, -0.15) is 0 Å². The van der Waals surface area contributed by atoms with Gasteiger partial charge in [0.05, 0.1) is 10.4 Å². The second-order valence-electron chi connectivity index (χ2n) is 5.42. The number of morpholine rings is 1. The molecule has 0 spiro atoms. The van der Waals surface area contributed by atoms with Crippen molar-refractivity contribution in [2.75, 3.05) is 26.3 Å². The molecule has 0 bridgehead atoms. The number of rotatable bonds is 5. The highest BCUT2D eigenvalue weighted by Gasteiger charge is 2.22. The van der Waals surface area contributed by atoms with Gasteiger partial charge in [-0.1, -0.05) is 30.3 Å². The fraction of sp³-hybridized carbons (Fsp3) is 0.353. The number of benzene rings is 1. The Morgan fingerprint density at radius 3 is 2.87 bits per heavy atom. The number of esters is 1. The highest BCUT2D eigenvalue weighted by atomic mass is 79.9. The van der Waals surface area contributed by atoms with E-state index >= 15 is 0 Å². The summed E-state index contributed by atoms with van der Waals surface area (Å²) in [6.45, 7) is 3.53. The van der Waals surface area contributed by atoms with Crippen molar-refractivity contribution in [2.24, 2.45) is 0 Å². The van der Waals surface area contributed by atoms with Crippen LogP contribution in [0.3, 0.4) is 0 Å². The first kappa shape index (κ1) is 16.6. The summed E-state index contributed by atoms with van der Waals surface area (Å²) in [5.74, 6) is -0.288. The van der Waals surface area contributed by atoms with Crippen LogP contribution in [0.5, 0.6) is 0 Å². The third-order valence-electron chi connectivity index (χ3n) is 3.65. The monoisotopic (exact) mass is 395 g/mol. The lowest BCUT2D eigenvalue weighted by molar-refractivity contribution is -0.0611. The summed E-state index contributed by atoms with van der Waals surface area (Å²) in [5.41, 5.74) is 1.29. The smallest absolute Gasteiger partial charge is 0.348 e. The van der Waals surface area contributed by atoms with Crippen molar-refractivity contribution >= 4 is 33.2 Å². The van der Waals surface area contributed by atoms with E-state index in [1.54, 1.807) is 6.07 Å². The van der Waals surface area contributed by atoms with Crippen molar-refractivity contribution in [3.8, 4) is 0 Å². The average Bonchev–Trinajstić information content (AvgIpc) is 3.01. The fourth-order valence-electron chi connectivity index (χ4n) is 2.53. The molecule has 4 nitrogen and oxygen atoms in total. The topological polar surface area (TPSA) is 38.8 Å². The van der Waals surface area contributed by atoms with Gasteiger partial charge in [0.1, 0.15) is 17.6 Å². The Labute approximate surface area is 148 Å². The van der Waals surface area contributed by atoms with E-state index in [4.69, 9.17) is 9.47 Å². The van der Waals surface area contributed by atoms with Crippen molar-refractivity contribution in [1.82, 2.24) is 4.90 Å². The van der Waals surface area contributed by atoms with Crippen molar-refractivity contribution in [1.29, 1.82) is 0 Å². The number of halogens is 1. The van der Waals surface area contributed by atoms with Gasteiger partial charge in [0, 0.05) is 19.6 Å². The van der Waals surface area contributed by atoms with E-state index in [0.717, 1.165) is 23.4 Å². The molecule has 1 fully saturated rings. The molecule has 2 aromatic rings. The van der Waals surface area contributed by atoms with E-state index in [-0.39, 0.29) is 12.1 Å². The van der Waals surface area contributed by atoms with E-state index in [1.165, 1.54) is 16.9 Å². The lowest BCUT2D eigenvalue weighted by atomic mass is 10.2. The first-order chi connectivity index (χ1) is 11.2. The van der Waals surface area contributed by atoms with Crippen LogP contribution in [0, 0.1) is 0 Å². The van der Waals surface area contributed by atoms with Crippen LogP contribution in [0.25, 0.3) is 0 Å². The lowest BCUT2D eigenvalue weighted by Crippen LogP contribution is -2.44. The van der Waals surface area contributed by atoms with Crippen LogP contribution in [0.15, 0.2) is 46.3 Å². The zero-order chi connectivity index (χ0) is 16.1.